The van der Waals surface area contributed by atoms with E-state index in [9.17, 15) is 0 Å². The van der Waals surface area contributed by atoms with Crippen molar-refractivity contribution in [3.63, 3.8) is 0 Å². The van der Waals surface area contributed by atoms with E-state index in [4.69, 9.17) is 19.9 Å². The van der Waals surface area contributed by atoms with E-state index in [1.165, 1.54) is 27.2 Å². The molecular formula is C68H46N8. The first-order chi connectivity index (χ1) is 37.7. The van der Waals surface area contributed by atoms with Gasteiger partial charge in [0.2, 0.25) is 0 Å². The molecule has 0 aliphatic carbocycles. The highest BCUT2D eigenvalue weighted by Crippen LogP contribution is 2.45. The van der Waals surface area contributed by atoms with Crippen molar-refractivity contribution in [1.29, 1.82) is 0 Å². The summed E-state index contributed by atoms with van der Waals surface area (Å²) in [4.78, 5) is 21.0. The molecule has 0 amide bonds. The van der Waals surface area contributed by atoms with E-state index in [1.54, 1.807) is 0 Å². The lowest BCUT2D eigenvalue weighted by atomic mass is 10.1. The fraction of sp³-hybridized carbons (Fsp3) is 0. The minimum Gasteiger partial charge on any atom is -0.309 e. The molecular weight excluding hydrogens is 929 g/mol. The molecule has 10 aromatic carbocycles. The SMILES string of the molecule is C=C.c1ccc(-c2nc(-c3ccccc3)nc(-c3cccc(-n4c5ccc6c7ccccc7n(-c7ccc(-n8c9ccccc9c9ccccc98)cc7)c6c5c5c4nc(-c4ccccc4)n5-c4ccccc4)c3)n2)cc1. The highest BCUT2D eigenvalue weighted by atomic mass is 15.2. The molecule has 76 heavy (non-hydrogen) atoms. The van der Waals surface area contributed by atoms with Gasteiger partial charge in [0.15, 0.2) is 23.1 Å². The van der Waals surface area contributed by atoms with Gasteiger partial charge in [-0.25, -0.2) is 19.9 Å². The van der Waals surface area contributed by atoms with Crippen molar-refractivity contribution in [2.24, 2.45) is 0 Å². The Balaban J connectivity index is 0.00000261. The standard InChI is InChI=1S/C66H42N8.C2H4/c1-5-20-43(21-6-1)62-67-63(44-22-7-2-8-23-44)69-64(68-62)46-26-19-29-50(42-46)73-58-41-40-54-53-32-15-18-35-57(53)72(49-38-36-48(37-39-49)71-55-33-16-13-30-51(55)52-31-14-17-34-56(52)71)60(54)59(58)61-66(73)70-65(45-24-9-3-10-25-45)74(61)47-27-11-4-12-28-47;1-2/h1-42H;1-2H2. The van der Waals surface area contributed by atoms with Crippen molar-refractivity contribution in [3.8, 4) is 68.3 Å². The molecule has 0 spiro atoms. The molecule has 0 saturated carbocycles. The van der Waals surface area contributed by atoms with Gasteiger partial charge in [-0.2, -0.15) is 0 Å². The van der Waals surface area contributed by atoms with Gasteiger partial charge in [-0.05, 0) is 72.8 Å². The van der Waals surface area contributed by atoms with Crippen LogP contribution in [0.5, 0.6) is 0 Å². The Labute approximate surface area is 438 Å². The molecule has 15 rings (SSSR count). The van der Waals surface area contributed by atoms with Gasteiger partial charge >= 0.3 is 0 Å². The third-order valence-corrected chi connectivity index (χ3v) is 14.4. The van der Waals surface area contributed by atoms with Gasteiger partial charge < -0.3 is 9.13 Å². The van der Waals surface area contributed by atoms with Crippen LogP contribution in [0.3, 0.4) is 0 Å². The van der Waals surface area contributed by atoms with E-state index >= 15 is 0 Å². The molecule has 0 unspecified atom stereocenters. The van der Waals surface area contributed by atoms with Crippen LogP contribution in [0.25, 0.3) is 134 Å². The number of fused-ring (bicyclic) bond motifs is 10. The molecule has 0 bridgehead atoms. The molecule has 0 aliphatic heterocycles. The molecule has 0 N–H and O–H groups in total. The Hall–Kier alpha value is -10.4. The second kappa shape index (κ2) is 18.2. The van der Waals surface area contributed by atoms with Gasteiger partial charge in [-0.3, -0.25) is 9.13 Å². The molecule has 358 valence electrons. The molecule has 0 aliphatic rings. The smallest absolute Gasteiger partial charge is 0.165 e. The van der Waals surface area contributed by atoms with E-state index < -0.39 is 0 Å². The average Bonchev–Trinajstić information content (AvgIpc) is 4.44. The molecule has 8 heteroatoms. The van der Waals surface area contributed by atoms with Crippen molar-refractivity contribution in [3.05, 3.63) is 268 Å². The van der Waals surface area contributed by atoms with Crippen LogP contribution in [0.15, 0.2) is 268 Å². The number of hydrogen-bond donors (Lipinski definition) is 0. The van der Waals surface area contributed by atoms with Gasteiger partial charge in [0.25, 0.3) is 0 Å². The van der Waals surface area contributed by atoms with Crippen LogP contribution in [0.1, 0.15) is 0 Å². The highest BCUT2D eigenvalue weighted by Gasteiger charge is 2.28. The lowest BCUT2D eigenvalue weighted by Gasteiger charge is -2.14. The molecule has 8 nitrogen and oxygen atoms in total. The van der Waals surface area contributed by atoms with Crippen molar-refractivity contribution >= 4 is 65.7 Å². The quantitative estimate of drug-likeness (QED) is 0.142. The van der Waals surface area contributed by atoms with Crippen LogP contribution in [0.4, 0.5) is 0 Å². The maximum absolute atomic E-state index is 5.71. The van der Waals surface area contributed by atoms with E-state index in [0.29, 0.717) is 17.5 Å². The van der Waals surface area contributed by atoms with Crippen LogP contribution in [0.2, 0.25) is 0 Å². The van der Waals surface area contributed by atoms with E-state index in [0.717, 1.165) is 89.3 Å². The third-order valence-electron chi connectivity index (χ3n) is 14.4. The number of nitrogens with zero attached hydrogens (tertiary/aromatic N) is 8. The molecule has 0 radical (unpaired) electrons. The lowest BCUT2D eigenvalue weighted by molar-refractivity contribution is 1.07. The van der Waals surface area contributed by atoms with Gasteiger partial charge in [-0.1, -0.05) is 182 Å². The van der Waals surface area contributed by atoms with Gasteiger partial charge in [-0.15, -0.1) is 13.2 Å². The first-order valence-corrected chi connectivity index (χ1v) is 25.4. The summed E-state index contributed by atoms with van der Waals surface area (Å²) in [6.07, 6.45) is 0. The number of aromatic nitrogens is 8. The second-order valence-electron chi connectivity index (χ2n) is 18.7. The maximum Gasteiger partial charge on any atom is 0.165 e. The number of rotatable bonds is 8. The van der Waals surface area contributed by atoms with Crippen LogP contribution < -0.4 is 0 Å². The Morgan fingerprint density at radius 2 is 0.684 bits per heavy atom. The molecule has 5 aromatic heterocycles. The molecule has 15 aromatic rings. The fourth-order valence-electron chi connectivity index (χ4n) is 11.2. The Morgan fingerprint density at radius 1 is 0.263 bits per heavy atom. The third kappa shape index (κ3) is 7.07. The summed E-state index contributed by atoms with van der Waals surface area (Å²) in [5.41, 5.74) is 15.3. The summed E-state index contributed by atoms with van der Waals surface area (Å²) in [6, 6.07) is 89.7. The zero-order valence-corrected chi connectivity index (χ0v) is 41.2. The van der Waals surface area contributed by atoms with Crippen molar-refractivity contribution in [2.45, 2.75) is 0 Å². The zero-order chi connectivity index (χ0) is 50.7. The van der Waals surface area contributed by atoms with Crippen molar-refractivity contribution in [2.75, 3.05) is 0 Å². The summed E-state index contributed by atoms with van der Waals surface area (Å²) in [6.45, 7) is 6.00. The number of imidazole rings is 1. The first kappa shape index (κ1) is 44.3. The summed E-state index contributed by atoms with van der Waals surface area (Å²) >= 11 is 0. The van der Waals surface area contributed by atoms with E-state index in [1.807, 2.05) is 60.7 Å². The van der Waals surface area contributed by atoms with Crippen LogP contribution in [0, 0.1) is 0 Å². The summed E-state index contributed by atoms with van der Waals surface area (Å²) in [5.74, 6) is 2.65. The summed E-state index contributed by atoms with van der Waals surface area (Å²) in [7, 11) is 0. The largest absolute Gasteiger partial charge is 0.309 e. The average molecular weight is 975 g/mol. The fourth-order valence-corrected chi connectivity index (χ4v) is 11.2. The lowest BCUT2D eigenvalue weighted by Crippen LogP contribution is -2.01. The Bertz CT molecular complexity index is 4540. The number of para-hydroxylation sites is 4. The summed E-state index contributed by atoms with van der Waals surface area (Å²) < 4.78 is 9.50. The topological polar surface area (TPSA) is 71.3 Å². The van der Waals surface area contributed by atoms with Crippen molar-refractivity contribution in [1.82, 2.24) is 38.2 Å². The molecule has 0 fully saturated rings. The number of hydrogen-bond acceptors (Lipinski definition) is 4. The van der Waals surface area contributed by atoms with Crippen LogP contribution >= 0.6 is 0 Å². The second-order valence-corrected chi connectivity index (χ2v) is 18.7. The predicted octanol–water partition coefficient (Wildman–Crippen LogP) is 16.8. The monoisotopic (exact) mass is 974 g/mol. The van der Waals surface area contributed by atoms with E-state index in [2.05, 4.69) is 226 Å². The Morgan fingerprint density at radius 3 is 1.25 bits per heavy atom. The zero-order valence-electron chi connectivity index (χ0n) is 41.2. The number of benzene rings is 10. The van der Waals surface area contributed by atoms with Gasteiger partial charge in [0.1, 0.15) is 11.3 Å². The van der Waals surface area contributed by atoms with Crippen LogP contribution in [-0.4, -0.2) is 38.2 Å². The minimum atomic E-state index is 0.582. The van der Waals surface area contributed by atoms with E-state index in [-0.39, 0.29) is 0 Å². The molecule has 0 saturated heterocycles. The van der Waals surface area contributed by atoms with Crippen molar-refractivity contribution < 1.29 is 0 Å². The Kier molecular flexibility index (Phi) is 10.6. The molecule has 0 atom stereocenters. The minimum absolute atomic E-state index is 0.582. The first-order valence-electron chi connectivity index (χ1n) is 25.4. The van der Waals surface area contributed by atoms with Gasteiger partial charge in [0, 0.05) is 66.5 Å². The maximum atomic E-state index is 5.71. The predicted molar refractivity (Wildman–Crippen MR) is 313 cm³/mol. The normalized spacial score (nSPS) is 11.5. The van der Waals surface area contributed by atoms with Gasteiger partial charge in [0.05, 0.1) is 33.0 Å². The highest BCUT2D eigenvalue weighted by molar-refractivity contribution is 6.25. The van der Waals surface area contributed by atoms with Crippen LogP contribution in [-0.2, 0) is 0 Å². The summed E-state index contributed by atoms with van der Waals surface area (Å²) in [5, 5.41) is 5.89. The molecule has 5 heterocycles.